The Morgan fingerprint density at radius 2 is 2.29 bits per heavy atom. The van der Waals surface area contributed by atoms with Crippen LogP contribution in [-0.2, 0) is 16.1 Å². The first-order valence-electron chi connectivity index (χ1n) is 5.56. The highest BCUT2D eigenvalue weighted by atomic mass is 16.2. The van der Waals surface area contributed by atoms with E-state index >= 15 is 0 Å². The summed E-state index contributed by atoms with van der Waals surface area (Å²) in [6.45, 7) is 4.23. The lowest BCUT2D eigenvalue weighted by Gasteiger charge is -2.33. The molecule has 17 heavy (non-hydrogen) atoms. The van der Waals surface area contributed by atoms with Crippen LogP contribution in [0.15, 0.2) is 18.5 Å². The Labute approximate surface area is 99.8 Å². The van der Waals surface area contributed by atoms with Gasteiger partial charge < -0.3 is 10.2 Å². The summed E-state index contributed by atoms with van der Waals surface area (Å²) >= 11 is 0. The average Bonchev–Trinajstić information content (AvgIpc) is 2.32. The first kappa shape index (κ1) is 11.6. The van der Waals surface area contributed by atoms with Crippen molar-refractivity contribution in [3.05, 3.63) is 29.6 Å². The fourth-order valence-electron chi connectivity index (χ4n) is 1.84. The lowest BCUT2D eigenvalue weighted by atomic mass is 10.1. The van der Waals surface area contributed by atoms with E-state index in [0.717, 1.165) is 11.1 Å². The number of nitrogens with zero attached hydrogens (tertiary/aromatic N) is 2. The van der Waals surface area contributed by atoms with Crippen molar-refractivity contribution in [2.24, 2.45) is 0 Å². The van der Waals surface area contributed by atoms with Crippen molar-refractivity contribution in [2.75, 3.05) is 6.54 Å². The number of aromatic nitrogens is 1. The van der Waals surface area contributed by atoms with Gasteiger partial charge in [-0.1, -0.05) is 0 Å². The number of nitrogens with one attached hydrogen (secondary N) is 1. The maximum absolute atomic E-state index is 11.8. The second-order valence-corrected chi connectivity index (χ2v) is 4.22. The van der Waals surface area contributed by atoms with Gasteiger partial charge in [0.05, 0.1) is 6.54 Å². The quantitative estimate of drug-likeness (QED) is 0.795. The van der Waals surface area contributed by atoms with E-state index in [-0.39, 0.29) is 18.4 Å². The van der Waals surface area contributed by atoms with Crippen LogP contribution >= 0.6 is 0 Å². The van der Waals surface area contributed by atoms with E-state index in [4.69, 9.17) is 0 Å². The van der Waals surface area contributed by atoms with Gasteiger partial charge in [-0.25, -0.2) is 0 Å². The molecular weight excluding hydrogens is 218 g/mol. The number of carbonyl (C=O) groups excluding carboxylic acids is 2. The van der Waals surface area contributed by atoms with Crippen LogP contribution in [0.5, 0.6) is 0 Å². The Kier molecular flexibility index (Phi) is 3.08. The Hall–Kier alpha value is -1.91. The van der Waals surface area contributed by atoms with Crippen molar-refractivity contribution in [3.8, 4) is 0 Å². The second kappa shape index (κ2) is 4.53. The first-order chi connectivity index (χ1) is 8.09. The highest BCUT2D eigenvalue weighted by Crippen LogP contribution is 2.13. The summed E-state index contributed by atoms with van der Waals surface area (Å²) in [6, 6.07) is 1.48. The summed E-state index contributed by atoms with van der Waals surface area (Å²) in [7, 11) is 0. The number of carbonyl (C=O) groups is 2. The SMILES string of the molecule is Cc1ccncc1CN1C(=O)CNC(=O)C1C. The Bertz CT molecular complexity index is 459. The second-order valence-electron chi connectivity index (χ2n) is 4.22. The minimum atomic E-state index is -0.421. The molecule has 1 aliphatic heterocycles. The van der Waals surface area contributed by atoms with Crippen LogP contribution in [0.3, 0.4) is 0 Å². The number of amides is 2. The van der Waals surface area contributed by atoms with E-state index in [0.29, 0.717) is 6.54 Å². The molecule has 0 aromatic carbocycles. The molecule has 0 radical (unpaired) electrons. The lowest BCUT2D eigenvalue weighted by Crippen LogP contribution is -2.56. The fourth-order valence-corrected chi connectivity index (χ4v) is 1.84. The van der Waals surface area contributed by atoms with E-state index in [1.807, 2.05) is 13.0 Å². The van der Waals surface area contributed by atoms with Gasteiger partial charge in [-0.05, 0) is 31.0 Å². The third-order valence-corrected chi connectivity index (χ3v) is 3.07. The first-order valence-corrected chi connectivity index (χ1v) is 5.56. The van der Waals surface area contributed by atoms with Crippen LogP contribution in [0.2, 0.25) is 0 Å². The zero-order valence-electron chi connectivity index (χ0n) is 9.93. The molecule has 2 amide bonds. The van der Waals surface area contributed by atoms with E-state index in [1.54, 1.807) is 24.2 Å². The third-order valence-electron chi connectivity index (χ3n) is 3.07. The van der Waals surface area contributed by atoms with Gasteiger partial charge in [0.25, 0.3) is 0 Å². The normalized spacial score (nSPS) is 20.4. The minimum Gasteiger partial charge on any atom is -0.345 e. The molecule has 1 N–H and O–H groups in total. The maximum atomic E-state index is 11.8. The molecule has 0 spiro atoms. The van der Waals surface area contributed by atoms with Crippen LogP contribution in [0.25, 0.3) is 0 Å². The number of rotatable bonds is 2. The van der Waals surface area contributed by atoms with Gasteiger partial charge in [0.15, 0.2) is 0 Å². The van der Waals surface area contributed by atoms with Crippen LogP contribution in [0, 0.1) is 6.92 Å². The molecule has 1 fully saturated rings. The van der Waals surface area contributed by atoms with Crippen molar-refractivity contribution in [1.82, 2.24) is 15.2 Å². The summed E-state index contributed by atoms with van der Waals surface area (Å²) in [4.78, 5) is 28.9. The summed E-state index contributed by atoms with van der Waals surface area (Å²) in [5, 5.41) is 2.57. The molecule has 0 bridgehead atoms. The topological polar surface area (TPSA) is 62.3 Å². The molecular formula is C12H15N3O2. The van der Waals surface area contributed by atoms with Gasteiger partial charge in [0.1, 0.15) is 6.04 Å². The molecule has 0 aliphatic carbocycles. The van der Waals surface area contributed by atoms with Gasteiger partial charge in [0.2, 0.25) is 11.8 Å². The van der Waals surface area contributed by atoms with E-state index in [1.165, 1.54) is 0 Å². The number of aryl methyl sites for hydroxylation is 1. The standard InChI is InChI=1S/C12H15N3O2/c1-8-3-4-13-5-10(8)7-15-9(2)12(17)14-6-11(15)16/h3-5,9H,6-7H2,1-2H3,(H,14,17). The molecule has 1 atom stereocenters. The van der Waals surface area contributed by atoms with Gasteiger partial charge in [0, 0.05) is 18.9 Å². The molecule has 2 heterocycles. The lowest BCUT2D eigenvalue weighted by molar-refractivity contribution is -0.145. The fraction of sp³-hybridized carbons (Fsp3) is 0.417. The van der Waals surface area contributed by atoms with Crippen LogP contribution < -0.4 is 5.32 Å². The van der Waals surface area contributed by atoms with Crippen molar-refractivity contribution in [2.45, 2.75) is 26.4 Å². The Balaban J connectivity index is 2.19. The maximum Gasteiger partial charge on any atom is 0.242 e. The van der Waals surface area contributed by atoms with E-state index in [9.17, 15) is 9.59 Å². The molecule has 2 rings (SSSR count). The van der Waals surface area contributed by atoms with Crippen molar-refractivity contribution >= 4 is 11.8 Å². The minimum absolute atomic E-state index is 0.0552. The van der Waals surface area contributed by atoms with Gasteiger partial charge in [-0.15, -0.1) is 0 Å². The molecule has 5 heteroatoms. The number of pyridine rings is 1. The molecule has 1 unspecified atom stereocenters. The Morgan fingerprint density at radius 3 is 3.00 bits per heavy atom. The van der Waals surface area contributed by atoms with E-state index in [2.05, 4.69) is 10.3 Å². The number of hydrogen-bond donors (Lipinski definition) is 1. The Morgan fingerprint density at radius 1 is 1.53 bits per heavy atom. The molecule has 1 saturated heterocycles. The third kappa shape index (κ3) is 2.27. The summed E-state index contributed by atoms with van der Waals surface area (Å²) in [5.74, 6) is -0.161. The predicted octanol–water partition coefficient (Wildman–Crippen LogP) is 0.237. The molecule has 1 aromatic rings. The smallest absolute Gasteiger partial charge is 0.242 e. The van der Waals surface area contributed by atoms with Crippen molar-refractivity contribution < 1.29 is 9.59 Å². The number of hydrogen-bond acceptors (Lipinski definition) is 3. The molecule has 5 nitrogen and oxygen atoms in total. The zero-order valence-corrected chi connectivity index (χ0v) is 9.93. The van der Waals surface area contributed by atoms with Crippen LogP contribution in [-0.4, -0.2) is 34.3 Å². The molecule has 0 saturated carbocycles. The monoisotopic (exact) mass is 233 g/mol. The molecule has 90 valence electrons. The number of piperazine rings is 1. The largest absolute Gasteiger partial charge is 0.345 e. The molecule has 1 aromatic heterocycles. The highest BCUT2D eigenvalue weighted by Gasteiger charge is 2.30. The van der Waals surface area contributed by atoms with E-state index < -0.39 is 6.04 Å². The van der Waals surface area contributed by atoms with Gasteiger partial charge >= 0.3 is 0 Å². The summed E-state index contributed by atoms with van der Waals surface area (Å²) in [6.07, 6.45) is 3.45. The van der Waals surface area contributed by atoms with Crippen LogP contribution in [0.4, 0.5) is 0 Å². The summed E-state index contributed by atoms with van der Waals surface area (Å²) in [5.41, 5.74) is 2.05. The van der Waals surface area contributed by atoms with Gasteiger partial charge in [-0.2, -0.15) is 0 Å². The van der Waals surface area contributed by atoms with Gasteiger partial charge in [-0.3, -0.25) is 14.6 Å². The highest BCUT2D eigenvalue weighted by molar-refractivity contribution is 5.94. The summed E-state index contributed by atoms with van der Waals surface area (Å²) < 4.78 is 0. The van der Waals surface area contributed by atoms with Crippen molar-refractivity contribution in [3.63, 3.8) is 0 Å². The van der Waals surface area contributed by atoms with Crippen LogP contribution in [0.1, 0.15) is 18.1 Å². The van der Waals surface area contributed by atoms with Crippen molar-refractivity contribution in [1.29, 1.82) is 0 Å². The predicted molar refractivity (Wildman–Crippen MR) is 62.0 cm³/mol. The average molecular weight is 233 g/mol. The zero-order chi connectivity index (χ0) is 12.4. The molecule has 1 aliphatic rings.